The first kappa shape index (κ1) is 16.3. The Labute approximate surface area is 131 Å². The molecule has 1 N–H and O–H groups in total. The van der Waals surface area contributed by atoms with E-state index in [9.17, 15) is 0 Å². The van der Waals surface area contributed by atoms with E-state index in [0.717, 1.165) is 41.5 Å². The molecule has 0 spiro atoms. The van der Waals surface area contributed by atoms with Crippen LogP contribution in [0.3, 0.4) is 0 Å². The first-order chi connectivity index (χ1) is 10.7. The molecule has 1 aromatic carbocycles. The summed E-state index contributed by atoms with van der Waals surface area (Å²) < 4.78 is 17.6. The molecule has 1 heterocycles. The maximum atomic E-state index is 5.43. The van der Waals surface area contributed by atoms with Gasteiger partial charge in [-0.1, -0.05) is 0 Å². The molecule has 6 heteroatoms. The van der Waals surface area contributed by atoms with Crippen molar-refractivity contribution in [3.63, 3.8) is 0 Å². The van der Waals surface area contributed by atoms with Crippen LogP contribution in [0.15, 0.2) is 24.4 Å². The SMILES string of the molecule is COCCNCc1cnn(-c2cc(OC)ccc2OC)c1C. The lowest BCUT2D eigenvalue weighted by atomic mass is 10.2. The zero-order valence-corrected chi connectivity index (χ0v) is 13.5. The third kappa shape index (κ3) is 3.58. The molecule has 1 aromatic heterocycles. The number of hydrogen-bond donors (Lipinski definition) is 1. The zero-order chi connectivity index (χ0) is 15.9. The van der Waals surface area contributed by atoms with Crippen LogP contribution < -0.4 is 14.8 Å². The van der Waals surface area contributed by atoms with E-state index in [1.54, 1.807) is 21.3 Å². The van der Waals surface area contributed by atoms with Gasteiger partial charge in [-0.05, 0) is 19.1 Å². The molecule has 0 aliphatic heterocycles. The highest BCUT2D eigenvalue weighted by molar-refractivity contribution is 5.52. The molecular formula is C16H23N3O3. The van der Waals surface area contributed by atoms with Crippen LogP contribution in [-0.2, 0) is 11.3 Å². The highest BCUT2D eigenvalue weighted by atomic mass is 16.5. The van der Waals surface area contributed by atoms with Crippen LogP contribution in [0.1, 0.15) is 11.3 Å². The van der Waals surface area contributed by atoms with Crippen molar-refractivity contribution in [1.29, 1.82) is 0 Å². The molecule has 0 aliphatic rings. The molecular weight excluding hydrogens is 282 g/mol. The van der Waals surface area contributed by atoms with Gasteiger partial charge in [0, 0.05) is 37.5 Å². The molecule has 120 valence electrons. The molecule has 22 heavy (non-hydrogen) atoms. The van der Waals surface area contributed by atoms with Crippen molar-refractivity contribution >= 4 is 0 Å². The van der Waals surface area contributed by atoms with E-state index < -0.39 is 0 Å². The molecule has 6 nitrogen and oxygen atoms in total. The fourth-order valence-corrected chi connectivity index (χ4v) is 2.22. The Kier molecular flexibility index (Phi) is 5.80. The average Bonchev–Trinajstić information content (AvgIpc) is 2.91. The molecule has 0 saturated heterocycles. The van der Waals surface area contributed by atoms with E-state index >= 15 is 0 Å². The van der Waals surface area contributed by atoms with Crippen LogP contribution >= 0.6 is 0 Å². The summed E-state index contributed by atoms with van der Waals surface area (Å²) in [6, 6.07) is 5.67. The zero-order valence-electron chi connectivity index (χ0n) is 13.5. The number of methoxy groups -OCH3 is 3. The Bertz CT molecular complexity index is 611. The van der Waals surface area contributed by atoms with Crippen LogP contribution in [0, 0.1) is 6.92 Å². The van der Waals surface area contributed by atoms with Gasteiger partial charge in [0.15, 0.2) is 0 Å². The van der Waals surface area contributed by atoms with Crippen molar-refractivity contribution in [2.45, 2.75) is 13.5 Å². The van der Waals surface area contributed by atoms with Crippen molar-refractivity contribution in [2.24, 2.45) is 0 Å². The Morgan fingerprint density at radius 2 is 2.00 bits per heavy atom. The van der Waals surface area contributed by atoms with Crippen molar-refractivity contribution in [3.05, 3.63) is 35.7 Å². The summed E-state index contributed by atoms with van der Waals surface area (Å²) in [5.74, 6) is 1.52. The minimum absolute atomic E-state index is 0.691. The molecule has 2 aromatic rings. The number of aromatic nitrogens is 2. The maximum absolute atomic E-state index is 5.43. The predicted octanol–water partition coefficient (Wildman–Crippen LogP) is 1.93. The monoisotopic (exact) mass is 305 g/mol. The van der Waals surface area contributed by atoms with Crippen LogP contribution in [0.25, 0.3) is 5.69 Å². The van der Waals surface area contributed by atoms with Crippen LogP contribution in [0.5, 0.6) is 11.5 Å². The summed E-state index contributed by atoms with van der Waals surface area (Å²) in [5.41, 5.74) is 3.07. The summed E-state index contributed by atoms with van der Waals surface area (Å²) in [6.07, 6.45) is 1.87. The van der Waals surface area contributed by atoms with Gasteiger partial charge in [0.05, 0.1) is 27.0 Å². The minimum atomic E-state index is 0.691. The molecule has 0 amide bonds. The predicted molar refractivity (Wildman–Crippen MR) is 85.0 cm³/mol. The summed E-state index contributed by atoms with van der Waals surface area (Å²) in [6.45, 7) is 4.29. The second-order valence-electron chi connectivity index (χ2n) is 4.87. The lowest BCUT2D eigenvalue weighted by Crippen LogP contribution is -2.18. The average molecular weight is 305 g/mol. The molecule has 0 unspecified atom stereocenters. The number of rotatable bonds is 8. The Morgan fingerprint density at radius 3 is 2.68 bits per heavy atom. The fourth-order valence-electron chi connectivity index (χ4n) is 2.22. The number of nitrogens with zero attached hydrogens (tertiary/aromatic N) is 2. The topological polar surface area (TPSA) is 57.5 Å². The summed E-state index contributed by atoms with van der Waals surface area (Å²) in [5, 5.41) is 7.80. The Hall–Kier alpha value is -2.05. The lowest BCUT2D eigenvalue weighted by molar-refractivity contribution is 0.199. The second-order valence-corrected chi connectivity index (χ2v) is 4.87. The summed E-state index contributed by atoms with van der Waals surface area (Å²) in [7, 11) is 4.99. The van der Waals surface area contributed by atoms with Crippen molar-refractivity contribution in [1.82, 2.24) is 15.1 Å². The quantitative estimate of drug-likeness (QED) is 0.755. The van der Waals surface area contributed by atoms with Crippen LogP contribution in [0.4, 0.5) is 0 Å². The molecule has 0 saturated carbocycles. The van der Waals surface area contributed by atoms with Gasteiger partial charge in [-0.15, -0.1) is 0 Å². The third-order valence-corrected chi connectivity index (χ3v) is 3.52. The molecule has 0 radical (unpaired) electrons. The minimum Gasteiger partial charge on any atom is -0.497 e. The van der Waals surface area contributed by atoms with E-state index in [4.69, 9.17) is 14.2 Å². The maximum Gasteiger partial charge on any atom is 0.144 e. The van der Waals surface area contributed by atoms with Crippen LogP contribution in [0.2, 0.25) is 0 Å². The fraction of sp³-hybridized carbons (Fsp3) is 0.438. The van der Waals surface area contributed by atoms with E-state index in [-0.39, 0.29) is 0 Å². The van der Waals surface area contributed by atoms with E-state index in [0.29, 0.717) is 6.61 Å². The van der Waals surface area contributed by atoms with Crippen molar-refractivity contribution < 1.29 is 14.2 Å². The highest BCUT2D eigenvalue weighted by Crippen LogP contribution is 2.28. The smallest absolute Gasteiger partial charge is 0.144 e. The van der Waals surface area contributed by atoms with E-state index in [1.165, 1.54) is 0 Å². The van der Waals surface area contributed by atoms with Gasteiger partial charge in [-0.3, -0.25) is 0 Å². The van der Waals surface area contributed by atoms with Crippen molar-refractivity contribution in [3.8, 4) is 17.2 Å². The number of ether oxygens (including phenoxy) is 3. The summed E-state index contributed by atoms with van der Waals surface area (Å²) >= 11 is 0. The Morgan fingerprint density at radius 1 is 1.18 bits per heavy atom. The molecule has 0 aliphatic carbocycles. The number of benzene rings is 1. The van der Waals surface area contributed by atoms with Gasteiger partial charge >= 0.3 is 0 Å². The molecule has 2 rings (SSSR count). The highest BCUT2D eigenvalue weighted by Gasteiger charge is 2.13. The largest absolute Gasteiger partial charge is 0.497 e. The molecule has 0 fully saturated rings. The third-order valence-electron chi connectivity index (χ3n) is 3.52. The van der Waals surface area contributed by atoms with Gasteiger partial charge in [0.2, 0.25) is 0 Å². The summed E-state index contributed by atoms with van der Waals surface area (Å²) in [4.78, 5) is 0. The second kappa shape index (κ2) is 7.82. The van der Waals surface area contributed by atoms with E-state index in [1.807, 2.05) is 36.0 Å². The normalized spacial score (nSPS) is 10.7. The van der Waals surface area contributed by atoms with Gasteiger partial charge in [-0.25, -0.2) is 4.68 Å². The number of nitrogens with one attached hydrogen (secondary N) is 1. The van der Waals surface area contributed by atoms with Gasteiger partial charge in [0.1, 0.15) is 17.2 Å². The molecule has 0 bridgehead atoms. The first-order valence-electron chi connectivity index (χ1n) is 7.16. The first-order valence-corrected chi connectivity index (χ1v) is 7.16. The Balaban J connectivity index is 2.24. The molecule has 0 atom stereocenters. The van der Waals surface area contributed by atoms with Gasteiger partial charge in [-0.2, -0.15) is 5.10 Å². The number of hydrogen-bond acceptors (Lipinski definition) is 5. The van der Waals surface area contributed by atoms with E-state index in [2.05, 4.69) is 10.4 Å². The van der Waals surface area contributed by atoms with Gasteiger partial charge in [0.25, 0.3) is 0 Å². The van der Waals surface area contributed by atoms with Crippen LogP contribution in [-0.4, -0.2) is 44.3 Å². The lowest BCUT2D eigenvalue weighted by Gasteiger charge is -2.12. The standard InChI is InChI=1S/C16H23N3O3/c1-12-13(10-17-7-8-20-2)11-18-19(12)15-9-14(21-3)5-6-16(15)22-4/h5-6,9,11,17H,7-8,10H2,1-4H3. The van der Waals surface area contributed by atoms with Gasteiger partial charge < -0.3 is 19.5 Å². The van der Waals surface area contributed by atoms with Crippen molar-refractivity contribution in [2.75, 3.05) is 34.5 Å².